The van der Waals surface area contributed by atoms with Crippen LogP contribution in [0.3, 0.4) is 0 Å². The molecule has 0 amide bonds. The monoisotopic (exact) mass is 532 g/mol. The number of aromatic nitrogens is 1. The molecular formula is C21H33IN4O2S. The van der Waals surface area contributed by atoms with E-state index in [-0.39, 0.29) is 24.0 Å². The third kappa shape index (κ3) is 10.9. The minimum Gasteiger partial charge on any atom is -0.379 e. The number of rotatable bonds is 12. The zero-order valence-electron chi connectivity index (χ0n) is 17.6. The molecule has 2 N–H and O–H groups in total. The third-order valence-corrected chi connectivity index (χ3v) is 4.76. The van der Waals surface area contributed by atoms with Gasteiger partial charge >= 0.3 is 0 Å². The molecule has 0 spiro atoms. The van der Waals surface area contributed by atoms with Crippen LogP contribution in [0, 0.1) is 6.92 Å². The van der Waals surface area contributed by atoms with Crippen molar-refractivity contribution in [1.29, 1.82) is 0 Å². The summed E-state index contributed by atoms with van der Waals surface area (Å²) in [5.74, 6) is 0.827. The molecule has 0 unspecified atom stereocenters. The van der Waals surface area contributed by atoms with E-state index in [9.17, 15) is 0 Å². The molecular weight excluding hydrogens is 499 g/mol. The lowest BCUT2D eigenvalue weighted by atomic mass is 10.1. The first-order chi connectivity index (χ1) is 13.7. The van der Waals surface area contributed by atoms with Crippen molar-refractivity contribution in [2.45, 2.75) is 40.3 Å². The van der Waals surface area contributed by atoms with Crippen LogP contribution in [0.2, 0.25) is 0 Å². The second kappa shape index (κ2) is 15.6. The van der Waals surface area contributed by atoms with E-state index in [1.807, 2.05) is 13.8 Å². The second-order valence-corrected chi connectivity index (χ2v) is 7.36. The summed E-state index contributed by atoms with van der Waals surface area (Å²) < 4.78 is 10.9. The molecule has 0 bridgehead atoms. The Morgan fingerprint density at radius 1 is 1.14 bits per heavy atom. The van der Waals surface area contributed by atoms with E-state index < -0.39 is 0 Å². The number of thiazole rings is 1. The highest BCUT2D eigenvalue weighted by molar-refractivity contribution is 14.0. The molecule has 0 aliphatic heterocycles. The molecule has 2 rings (SSSR count). The molecule has 0 fully saturated rings. The maximum atomic E-state index is 5.65. The average Bonchev–Trinajstić information content (AvgIpc) is 3.11. The van der Waals surface area contributed by atoms with Crippen molar-refractivity contribution in [3.05, 3.63) is 51.5 Å². The number of aryl methyl sites for hydroxylation is 1. The maximum Gasteiger partial charge on any atom is 0.191 e. The van der Waals surface area contributed by atoms with Crippen LogP contribution in [0.25, 0.3) is 0 Å². The molecule has 1 aromatic heterocycles. The Bertz CT molecular complexity index is 724. The van der Waals surface area contributed by atoms with E-state index in [0.29, 0.717) is 26.4 Å². The fourth-order valence-electron chi connectivity index (χ4n) is 2.61. The summed E-state index contributed by atoms with van der Waals surface area (Å²) in [5, 5.41) is 9.90. The molecule has 2 aromatic rings. The summed E-state index contributed by atoms with van der Waals surface area (Å²) in [7, 11) is 0. The first kappa shape index (κ1) is 25.8. The highest BCUT2D eigenvalue weighted by Crippen LogP contribution is 2.09. The molecule has 1 heterocycles. The predicted molar refractivity (Wildman–Crippen MR) is 131 cm³/mol. The quantitative estimate of drug-likeness (QED) is 0.188. The maximum absolute atomic E-state index is 5.65. The number of guanidine groups is 1. The Hall–Kier alpha value is -1.23. The number of hydrogen-bond donors (Lipinski definition) is 2. The van der Waals surface area contributed by atoms with Crippen molar-refractivity contribution in [2.75, 3.05) is 32.9 Å². The second-order valence-electron chi connectivity index (χ2n) is 6.30. The van der Waals surface area contributed by atoms with Crippen molar-refractivity contribution in [2.24, 2.45) is 4.99 Å². The summed E-state index contributed by atoms with van der Waals surface area (Å²) in [5.41, 5.74) is 3.45. The van der Waals surface area contributed by atoms with E-state index in [2.05, 4.69) is 52.2 Å². The van der Waals surface area contributed by atoms with E-state index in [0.717, 1.165) is 48.3 Å². The molecule has 6 nitrogen and oxygen atoms in total. The number of nitrogens with zero attached hydrogens (tertiary/aromatic N) is 2. The van der Waals surface area contributed by atoms with Crippen LogP contribution >= 0.6 is 35.3 Å². The van der Waals surface area contributed by atoms with Gasteiger partial charge in [-0.2, -0.15) is 0 Å². The average molecular weight is 532 g/mol. The number of nitrogens with one attached hydrogen (secondary N) is 2. The molecule has 162 valence electrons. The normalized spacial score (nSPS) is 11.2. The number of halogens is 1. The largest absolute Gasteiger partial charge is 0.379 e. The molecule has 0 saturated heterocycles. The summed E-state index contributed by atoms with van der Waals surface area (Å²) in [6, 6.07) is 8.37. The first-order valence-corrected chi connectivity index (χ1v) is 10.8. The molecule has 0 saturated carbocycles. The molecule has 0 atom stereocenters. The lowest BCUT2D eigenvalue weighted by Crippen LogP contribution is -2.38. The van der Waals surface area contributed by atoms with Gasteiger partial charge < -0.3 is 20.1 Å². The van der Waals surface area contributed by atoms with Crippen LogP contribution in [0.15, 0.2) is 34.6 Å². The van der Waals surface area contributed by atoms with Crippen molar-refractivity contribution >= 4 is 41.3 Å². The molecule has 0 aliphatic rings. The van der Waals surface area contributed by atoms with Crippen LogP contribution in [-0.2, 0) is 29.0 Å². The van der Waals surface area contributed by atoms with Crippen molar-refractivity contribution in [3.8, 4) is 0 Å². The highest BCUT2D eigenvalue weighted by atomic mass is 127. The van der Waals surface area contributed by atoms with E-state index in [4.69, 9.17) is 14.5 Å². The molecule has 0 aliphatic carbocycles. The van der Waals surface area contributed by atoms with Crippen LogP contribution in [0.5, 0.6) is 0 Å². The Kier molecular flexibility index (Phi) is 13.9. The van der Waals surface area contributed by atoms with Gasteiger partial charge in [-0.1, -0.05) is 24.3 Å². The number of benzene rings is 1. The summed E-state index contributed by atoms with van der Waals surface area (Å²) in [6.45, 7) is 10.9. The molecule has 0 radical (unpaired) electrons. The first-order valence-electron chi connectivity index (χ1n) is 9.87. The van der Waals surface area contributed by atoms with Crippen LogP contribution in [-0.4, -0.2) is 43.9 Å². The van der Waals surface area contributed by atoms with Gasteiger partial charge in [0.15, 0.2) is 5.96 Å². The minimum atomic E-state index is 0. The van der Waals surface area contributed by atoms with E-state index in [1.54, 1.807) is 11.3 Å². The Labute approximate surface area is 195 Å². The van der Waals surface area contributed by atoms with Crippen molar-refractivity contribution in [1.82, 2.24) is 15.6 Å². The van der Waals surface area contributed by atoms with Crippen molar-refractivity contribution in [3.63, 3.8) is 0 Å². The Morgan fingerprint density at radius 2 is 1.93 bits per heavy atom. The van der Waals surface area contributed by atoms with Crippen LogP contribution in [0.1, 0.15) is 35.7 Å². The minimum absolute atomic E-state index is 0. The van der Waals surface area contributed by atoms with Gasteiger partial charge in [0.05, 0.1) is 37.1 Å². The summed E-state index contributed by atoms with van der Waals surface area (Å²) in [6.07, 6.45) is 0.892. The number of aliphatic imine (C=N–C) groups is 1. The van der Waals surface area contributed by atoms with Crippen LogP contribution in [0.4, 0.5) is 0 Å². The van der Waals surface area contributed by atoms with Gasteiger partial charge in [0.25, 0.3) is 0 Å². The Balaban J connectivity index is 0.00000420. The zero-order valence-corrected chi connectivity index (χ0v) is 20.7. The summed E-state index contributed by atoms with van der Waals surface area (Å²) >= 11 is 1.69. The van der Waals surface area contributed by atoms with E-state index >= 15 is 0 Å². The molecule has 29 heavy (non-hydrogen) atoms. The molecule has 8 heteroatoms. The van der Waals surface area contributed by atoms with Gasteiger partial charge in [-0.25, -0.2) is 9.98 Å². The van der Waals surface area contributed by atoms with Gasteiger partial charge in [0, 0.05) is 31.5 Å². The van der Waals surface area contributed by atoms with Gasteiger partial charge in [-0.15, -0.1) is 35.3 Å². The molecule has 1 aromatic carbocycles. The fourth-order valence-corrected chi connectivity index (χ4v) is 3.26. The number of hydrogen-bond acceptors (Lipinski definition) is 5. The van der Waals surface area contributed by atoms with Gasteiger partial charge in [0.2, 0.25) is 0 Å². The van der Waals surface area contributed by atoms with E-state index in [1.165, 1.54) is 5.56 Å². The van der Waals surface area contributed by atoms with Gasteiger partial charge in [-0.05, 0) is 31.9 Å². The lowest BCUT2D eigenvalue weighted by molar-refractivity contribution is 0.0453. The zero-order chi connectivity index (χ0) is 20.0. The summed E-state index contributed by atoms with van der Waals surface area (Å²) in [4.78, 5) is 9.19. The highest BCUT2D eigenvalue weighted by Gasteiger charge is 2.02. The van der Waals surface area contributed by atoms with Crippen molar-refractivity contribution < 1.29 is 9.47 Å². The van der Waals surface area contributed by atoms with Crippen LogP contribution < -0.4 is 10.6 Å². The number of ether oxygens (including phenoxy) is 2. The van der Waals surface area contributed by atoms with Gasteiger partial charge in [0.1, 0.15) is 0 Å². The predicted octanol–water partition coefficient (Wildman–Crippen LogP) is 3.92. The topological polar surface area (TPSA) is 67.8 Å². The van der Waals surface area contributed by atoms with Gasteiger partial charge in [-0.3, -0.25) is 0 Å². The fraction of sp³-hybridized carbons (Fsp3) is 0.524. The Morgan fingerprint density at radius 3 is 2.66 bits per heavy atom. The standard InChI is InChI=1S/C21H32N4O2S.HI/c1-4-22-21(23-10-9-20-16-28-17(3)25-20)24-14-18-7-6-8-19(13-18)15-27-12-11-26-5-2;/h6-8,13,16H,4-5,9-12,14-15H2,1-3H3,(H2,22,23,24);1H. The lowest BCUT2D eigenvalue weighted by Gasteiger charge is -2.11. The SMILES string of the molecule is CCNC(=NCc1cccc(COCCOCC)c1)NCCc1csc(C)n1.I. The smallest absolute Gasteiger partial charge is 0.191 e. The third-order valence-electron chi connectivity index (χ3n) is 3.94.